The van der Waals surface area contributed by atoms with Crippen LogP contribution in [0.1, 0.15) is 20.3 Å². The van der Waals surface area contributed by atoms with Crippen molar-refractivity contribution in [3.8, 4) is 0 Å². The van der Waals surface area contributed by atoms with Gasteiger partial charge < -0.3 is 10.0 Å². The van der Waals surface area contributed by atoms with Crippen LogP contribution in [-0.4, -0.2) is 67.8 Å². The van der Waals surface area contributed by atoms with Gasteiger partial charge in [0.05, 0.1) is 13.0 Å². The van der Waals surface area contributed by atoms with Crippen LogP contribution in [0.2, 0.25) is 0 Å². The maximum Gasteiger partial charge on any atom is 0.304 e. The first-order valence-electron chi connectivity index (χ1n) is 5.95. The van der Waals surface area contributed by atoms with Crippen molar-refractivity contribution in [3.63, 3.8) is 0 Å². The van der Waals surface area contributed by atoms with Crippen LogP contribution in [0, 0.1) is 0 Å². The minimum Gasteiger partial charge on any atom is -0.481 e. The Hall–Kier alpha value is -1.19. The Morgan fingerprint density at radius 1 is 1.21 bits per heavy atom. The van der Waals surface area contributed by atoms with Gasteiger partial charge in [-0.3, -0.25) is 9.59 Å². The maximum atomic E-state index is 11.7. The molecule has 0 saturated carbocycles. The lowest BCUT2D eigenvalue weighted by atomic mass is 10.4. The first kappa shape index (κ1) is 17.8. The molecule has 0 atom stereocenters. The third-order valence-corrected chi connectivity index (χ3v) is 4.09. The van der Waals surface area contributed by atoms with E-state index in [1.54, 1.807) is 13.8 Å². The van der Waals surface area contributed by atoms with Crippen molar-refractivity contribution in [1.82, 2.24) is 13.9 Å². The minimum atomic E-state index is -3.83. The number of hydrogen-bond donors (Lipinski definition) is 2. The molecule has 0 heterocycles. The highest BCUT2D eigenvalue weighted by Gasteiger charge is 2.20. The summed E-state index contributed by atoms with van der Waals surface area (Å²) in [5.41, 5.74) is 0. The molecule has 0 aromatic carbocycles. The monoisotopic (exact) mass is 295 g/mol. The molecule has 0 aliphatic carbocycles. The van der Waals surface area contributed by atoms with Crippen molar-refractivity contribution in [2.75, 3.05) is 33.2 Å². The average molecular weight is 295 g/mol. The standard InChI is InChI=1S/C10H21N3O5S/c1-4-13(5-2)9(14)8-11-19(17,18)12(3)7-6-10(15)16/h11H,4-8H2,1-3H3,(H,15,16). The van der Waals surface area contributed by atoms with Gasteiger partial charge in [0.15, 0.2) is 0 Å². The second kappa shape index (κ2) is 8.08. The topological polar surface area (TPSA) is 107 Å². The number of carboxylic acid groups (broad SMARTS) is 1. The number of nitrogens with zero attached hydrogens (tertiary/aromatic N) is 2. The molecule has 2 N–H and O–H groups in total. The summed E-state index contributed by atoms with van der Waals surface area (Å²) in [6.07, 6.45) is -0.290. The first-order chi connectivity index (χ1) is 8.74. The minimum absolute atomic E-state index is 0.149. The van der Waals surface area contributed by atoms with Gasteiger partial charge in [0.25, 0.3) is 10.2 Å². The zero-order valence-corrected chi connectivity index (χ0v) is 12.2. The molecule has 19 heavy (non-hydrogen) atoms. The summed E-state index contributed by atoms with van der Waals surface area (Å²) in [5, 5.41) is 8.48. The molecule has 0 fully saturated rings. The summed E-state index contributed by atoms with van der Waals surface area (Å²) in [5.74, 6) is -1.40. The Balaban J connectivity index is 4.37. The normalized spacial score (nSPS) is 11.6. The number of amides is 1. The van der Waals surface area contributed by atoms with Gasteiger partial charge in [-0.05, 0) is 13.8 Å². The van der Waals surface area contributed by atoms with Gasteiger partial charge in [0.2, 0.25) is 5.91 Å². The summed E-state index contributed by atoms with van der Waals surface area (Å²) in [7, 11) is -2.57. The van der Waals surface area contributed by atoms with Gasteiger partial charge in [0, 0.05) is 26.7 Å². The van der Waals surface area contributed by atoms with E-state index in [1.807, 2.05) is 0 Å². The Bertz CT molecular complexity index is 405. The molecule has 0 unspecified atom stereocenters. The number of hydrogen-bond acceptors (Lipinski definition) is 4. The lowest BCUT2D eigenvalue weighted by Gasteiger charge is -2.20. The molecule has 0 aliphatic rings. The second-order valence-corrected chi connectivity index (χ2v) is 5.72. The van der Waals surface area contributed by atoms with Gasteiger partial charge in [-0.25, -0.2) is 0 Å². The van der Waals surface area contributed by atoms with Crippen LogP contribution in [0.25, 0.3) is 0 Å². The van der Waals surface area contributed by atoms with E-state index in [9.17, 15) is 18.0 Å². The largest absolute Gasteiger partial charge is 0.481 e. The lowest BCUT2D eigenvalue weighted by Crippen LogP contribution is -2.45. The van der Waals surface area contributed by atoms with Crippen molar-refractivity contribution < 1.29 is 23.1 Å². The van der Waals surface area contributed by atoms with E-state index in [0.29, 0.717) is 13.1 Å². The summed E-state index contributed by atoms with van der Waals surface area (Å²) in [6, 6.07) is 0. The SMILES string of the molecule is CCN(CC)C(=O)CNS(=O)(=O)N(C)CCC(=O)O. The van der Waals surface area contributed by atoms with Crippen LogP contribution in [0.15, 0.2) is 0 Å². The van der Waals surface area contributed by atoms with E-state index < -0.39 is 16.2 Å². The van der Waals surface area contributed by atoms with E-state index in [0.717, 1.165) is 4.31 Å². The number of carbonyl (C=O) groups excluding carboxylic acids is 1. The smallest absolute Gasteiger partial charge is 0.304 e. The van der Waals surface area contributed by atoms with E-state index >= 15 is 0 Å². The first-order valence-corrected chi connectivity index (χ1v) is 7.39. The molecule has 0 aliphatic heterocycles. The molecular formula is C10H21N3O5S. The predicted octanol–water partition coefficient (Wildman–Crippen LogP) is -0.904. The van der Waals surface area contributed by atoms with Crippen molar-refractivity contribution in [2.24, 2.45) is 0 Å². The number of rotatable bonds is 9. The third kappa shape index (κ3) is 6.50. The Morgan fingerprint density at radius 2 is 1.74 bits per heavy atom. The van der Waals surface area contributed by atoms with E-state index in [-0.39, 0.29) is 25.4 Å². The van der Waals surface area contributed by atoms with E-state index in [4.69, 9.17) is 5.11 Å². The summed E-state index contributed by atoms with van der Waals surface area (Å²) >= 11 is 0. The van der Waals surface area contributed by atoms with Gasteiger partial charge >= 0.3 is 5.97 Å². The van der Waals surface area contributed by atoms with Crippen LogP contribution in [0.3, 0.4) is 0 Å². The van der Waals surface area contributed by atoms with Crippen molar-refractivity contribution >= 4 is 22.1 Å². The fraction of sp³-hybridized carbons (Fsp3) is 0.800. The zero-order chi connectivity index (χ0) is 15.1. The van der Waals surface area contributed by atoms with Crippen molar-refractivity contribution in [1.29, 1.82) is 0 Å². The lowest BCUT2D eigenvalue weighted by molar-refractivity contribution is -0.137. The third-order valence-electron chi connectivity index (χ3n) is 2.57. The quantitative estimate of drug-likeness (QED) is 0.573. The van der Waals surface area contributed by atoms with Crippen LogP contribution in [0.5, 0.6) is 0 Å². The molecular weight excluding hydrogens is 274 g/mol. The zero-order valence-electron chi connectivity index (χ0n) is 11.4. The molecule has 0 aromatic rings. The van der Waals surface area contributed by atoms with Crippen LogP contribution >= 0.6 is 0 Å². The number of likely N-dealkylation sites (N-methyl/N-ethyl adjacent to an activating group) is 1. The van der Waals surface area contributed by atoms with Gasteiger partial charge in [-0.15, -0.1) is 0 Å². The summed E-state index contributed by atoms with van der Waals surface area (Å²) < 4.78 is 26.4. The molecule has 1 amide bonds. The molecule has 112 valence electrons. The Labute approximate surface area is 113 Å². The number of nitrogens with one attached hydrogen (secondary N) is 1. The highest BCUT2D eigenvalue weighted by atomic mass is 32.2. The van der Waals surface area contributed by atoms with Crippen LogP contribution in [0.4, 0.5) is 0 Å². The number of carboxylic acids is 1. The van der Waals surface area contributed by atoms with Crippen molar-refractivity contribution in [2.45, 2.75) is 20.3 Å². The van der Waals surface area contributed by atoms with E-state index in [2.05, 4.69) is 4.72 Å². The molecule has 8 nitrogen and oxygen atoms in total. The number of carbonyl (C=O) groups is 2. The molecule has 0 spiro atoms. The second-order valence-electron chi connectivity index (χ2n) is 3.86. The van der Waals surface area contributed by atoms with Crippen molar-refractivity contribution in [3.05, 3.63) is 0 Å². The molecule has 0 saturated heterocycles. The highest BCUT2D eigenvalue weighted by molar-refractivity contribution is 7.87. The summed E-state index contributed by atoms with van der Waals surface area (Å²) in [6.45, 7) is 4.13. The Morgan fingerprint density at radius 3 is 2.16 bits per heavy atom. The van der Waals surface area contributed by atoms with Crippen LogP contribution < -0.4 is 4.72 Å². The summed E-state index contributed by atoms with van der Waals surface area (Å²) in [4.78, 5) is 23.5. The van der Waals surface area contributed by atoms with Gasteiger partial charge in [-0.2, -0.15) is 17.4 Å². The average Bonchev–Trinajstić information content (AvgIpc) is 2.34. The predicted molar refractivity (Wildman–Crippen MR) is 69.7 cm³/mol. The fourth-order valence-corrected chi connectivity index (χ4v) is 2.18. The maximum absolute atomic E-state index is 11.7. The molecule has 0 radical (unpaired) electrons. The van der Waals surface area contributed by atoms with Crippen LogP contribution in [-0.2, 0) is 19.8 Å². The van der Waals surface area contributed by atoms with Gasteiger partial charge in [-0.1, -0.05) is 0 Å². The molecule has 0 aromatic heterocycles. The highest BCUT2D eigenvalue weighted by Crippen LogP contribution is 1.96. The van der Waals surface area contributed by atoms with E-state index in [1.165, 1.54) is 11.9 Å². The Kier molecular flexibility index (Phi) is 7.57. The van der Waals surface area contributed by atoms with Gasteiger partial charge in [0.1, 0.15) is 0 Å². The molecule has 9 heteroatoms. The fourth-order valence-electron chi connectivity index (χ4n) is 1.32. The molecule has 0 bridgehead atoms. The number of aliphatic carboxylic acids is 1. The molecule has 0 rings (SSSR count).